The van der Waals surface area contributed by atoms with E-state index in [1.54, 1.807) is 4.90 Å². The Bertz CT molecular complexity index is 1030. The number of amides is 2. The van der Waals surface area contributed by atoms with Crippen LogP contribution in [0.5, 0.6) is 0 Å². The molecule has 1 unspecified atom stereocenters. The van der Waals surface area contributed by atoms with E-state index in [1.165, 1.54) is 0 Å². The fourth-order valence-electron chi connectivity index (χ4n) is 3.83. The van der Waals surface area contributed by atoms with E-state index in [0.29, 0.717) is 32.6 Å². The summed E-state index contributed by atoms with van der Waals surface area (Å²) >= 11 is 0. The van der Waals surface area contributed by atoms with Crippen LogP contribution < -0.4 is 5.32 Å². The van der Waals surface area contributed by atoms with Crippen molar-refractivity contribution in [2.75, 3.05) is 11.9 Å². The molecule has 0 saturated carbocycles. The van der Waals surface area contributed by atoms with Crippen LogP contribution >= 0.6 is 0 Å². The van der Waals surface area contributed by atoms with Crippen LogP contribution in [0.1, 0.15) is 30.9 Å². The monoisotopic (exact) mass is 391 g/mol. The van der Waals surface area contributed by atoms with E-state index in [-0.39, 0.29) is 11.8 Å². The number of carbonyl (C=O) groups excluding carboxylic acids is 2. The van der Waals surface area contributed by atoms with Crippen LogP contribution in [0.3, 0.4) is 0 Å². The van der Waals surface area contributed by atoms with Gasteiger partial charge in [-0.25, -0.2) is 0 Å². The first-order valence-corrected chi connectivity index (χ1v) is 9.97. The second kappa shape index (κ2) is 8.49. The Kier molecular flexibility index (Phi) is 5.62. The number of aromatic amines is 1. The fourth-order valence-corrected chi connectivity index (χ4v) is 3.83. The SMILES string of the molecule is CCOCc1cccc(NC(=O)C2CCC(=O)N2Cc2c[nH]c3ccccc23)c1. The number of ether oxygens (including phenoxy) is 1. The van der Waals surface area contributed by atoms with Crippen LogP contribution in [0.4, 0.5) is 5.69 Å². The lowest BCUT2D eigenvalue weighted by Crippen LogP contribution is -2.41. The van der Waals surface area contributed by atoms with Gasteiger partial charge in [0.1, 0.15) is 6.04 Å². The summed E-state index contributed by atoms with van der Waals surface area (Å²) in [6.07, 6.45) is 2.85. The standard InChI is InChI=1S/C23H25N3O3/c1-2-29-15-16-6-5-7-18(12-16)25-23(28)21-10-11-22(27)26(21)14-17-13-24-20-9-4-3-8-19(17)20/h3-9,12-13,21,24H,2,10-11,14-15H2,1H3,(H,25,28). The molecule has 4 rings (SSSR count). The van der Waals surface area contributed by atoms with Crippen molar-refractivity contribution in [2.45, 2.75) is 39.0 Å². The predicted octanol–water partition coefficient (Wildman–Crippen LogP) is 3.83. The second-order valence-electron chi connectivity index (χ2n) is 7.26. The number of nitrogens with zero attached hydrogens (tertiary/aromatic N) is 1. The minimum atomic E-state index is -0.466. The molecular weight excluding hydrogens is 366 g/mol. The van der Waals surface area contributed by atoms with Crippen molar-refractivity contribution in [2.24, 2.45) is 0 Å². The Labute approximate surface area is 169 Å². The van der Waals surface area contributed by atoms with Crippen molar-refractivity contribution in [3.63, 3.8) is 0 Å². The van der Waals surface area contributed by atoms with Crippen molar-refractivity contribution in [3.05, 3.63) is 65.9 Å². The van der Waals surface area contributed by atoms with E-state index >= 15 is 0 Å². The largest absolute Gasteiger partial charge is 0.377 e. The minimum absolute atomic E-state index is 0.0144. The topological polar surface area (TPSA) is 74.4 Å². The molecule has 1 aliphatic heterocycles. The van der Waals surface area contributed by atoms with Crippen LogP contribution in [0.25, 0.3) is 10.9 Å². The highest BCUT2D eigenvalue weighted by atomic mass is 16.5. The molecule has 29 heavy (non-hydrogen) atoms. The van der Waals surface area contributed by atoms with Gasteiger partial charge in [-0.2, -0.15) is 0 Å². The van der Waals surface area contributed by atoms with E-state index in [0.717, 1.165) is 27.7 Å². The van der Waals surface area contributed by atoms with E-state index in [2.05, 4.69) is 10.3 Å². The lowest BCUT2D eigenvalue weighted by atomic mass is 10.1. The summed E-state index contributed by atoms with van der Waals surface area (Å²) < 4.78 is 5.44. The molecule has 0 radical (unpaired) electrons. The van der Waals surface area contributed by atoms with Crippen LogP contribution in [0.2, 0.25) is 0 Å². The molecule has 1 aliphatic rings. The zero-order valence-electron chi connectivity index (χ0n) is 16.5. The van der Waals surface area contributed by atoms with Crippen LogP contribution in [0, 0.1) is 0 Å². The number of likely N-dealkylation sites (tertiary alicyclic amines) is 1. The lowest BCUT2D eigenvalue weighted by molar-refractivity contribution is -0.133. The fraction of sp³-hybridized carbons (Fsp3) is 0.304. The summed E-state index contributed by atoms with van der Waals surface area (Å²) in [7, 11) is 0. The van der Waals surface area contributed by atoms with Crippen molar-refractivity contribution in [3.8, 4) is 0 Å². The Morgan fingerprint density at radius 2 is 2.10 bits per heavy atom. The Morgan fingerprint density at radius 1 is 1.24 bits per heavy atom. The number of hydrogen-bond donors (Lipinski definition) is 2. The maximum Gasteiger partial charge on any atom is 0.247 e. The molecule has 1 aromatic heterocycles. The molecule has 2 amide bonds. The van der Waals surface area contributed by atoms with Gasteiger partial charge in [-0.3, -0.25) is 9.59 Å². The summed E-state index contributed by atoms with van der Waals surface area (Å²) in [6, 6.07) is 15.1. The average molecular weight is 391 g/mol. The third-order valence-corrected chi connectivity index (χ3v) is 5.31. The highest BCUT2D eigenvalue weighted by Crippen LogP contribution is 2.26. The minimum Gasteiger partial charge on any atom is -0.377 e. The maximum atomic E-state index is 12.9. The van der Waals surface area contributed by atoms with Gasteiger partial charge in [0.05, 0.1) is 6.61 Å². The zero-order chi connectivity index (χ0) is 20.2. The Hall–Kier alpha value is -3.12. The average Bonchev–Trinajstić information content (AvgIpc) is 3.31. The first-order valence-electron chi connectivity index (χ1n) is 9.97. The number of anilines is 1. The summed E-state index contributed by atoms with van der Waals surface area (Å²) in [5.74, 6) is -0.134. The van der Waals surface area contributed by atoms with Crippen LogP contribution in [-0.4, -0.2) is 34.3 Å². The predicted molar refractivity (Wildman–Crippen MR) is 112 cm³/mol. The molecule has 3 aromatic rings. The highest BCUT2D eigenvalue weighted by Gasteiger charge is 2.36. The first kappa shape index (κ1) is 19.2. The van der Waals surface area contributed by atoms with Crippen LogP contribution in [-0.2, 0) is 27.5 Å². The van der Waals surface area contributed by atoms with Crippen molar-refractivity contribution >= 4 is 28.4 Å². The van der Waals surface area contributed by atoms with E-state index in [1.807, 2.05) is 61.7 Å². The van der Waals surface area contributed by atoms with E-state index in [4.69, 9.17) is 4.74 Å². The number of nitrogens with one attached hydrogen (secondary N) is 2. The normalized spacial score (nSPS) is 16.5. The van der Waals surface area contributed by atoms with Crippen LogP contribution in [0.15, 0.2) is 54.7 Å². The number of para-hydroxylation sites is 1. The molecule has 1 fully saturated rings. The number of fused-ring (bicyclic) bond motifs is 1. The lowest BCUT2D eigenvalue weighted by Gasteiger charge is -2.24. The number of rotatable bonds is 7. The molecule has 150 valence electrons. The second-order valence-corrected chi connectivity index (χ2v) is 7.26. The van der Waals surface area contributed by atoms with Gasteiger partial charge in [0.2, 0.25) is 11.8 Å². The highest BCUT2D eigenvalue weighted by molar-refractivity contribution is 5.99. The molecule has 6 heteroatoms. The van der Waals surface area contributed by atoms with Gasteiger partial charge in [-0.05, 0) is 42.7 Å². The molecule has 1 saturated heterocycles. The Balaban J connectivity index is 1.48. The zero-order valence-corrected chi connectivity index (χ0v) is 16.5. The number of hydrogen-bond acceptors (Lipinski definition) is 3. The molecular formula is C23H25N3O3. The van der Waals surface area contributed by atoms with Gasteiger partial charge in [0.25, 0.3) is 0 Å². The first-order chi connectivity index (χ1) is 14.2. The van der Waals surface area contributed by atoms with Gasteiger partial charge < -0.3 is 19.9 Å². The van der Waals surface area contributed by atoms with E-state index < -0.39 is 6.04 Å². The molecule has 2 aromatic carbocycles. The molecule has 6 nitrogen and oxygen atoms in total. The molecule has 0 aliphatic carbocycles. The molecule has 1 atom stereocenters. The molecule has 2 N–H and O–H groups in total. The van der Waals surface area contributed by atoms with Gasteiger partial charge in [-0.15, -0.1) is 0 Å². The van der Waals surface area contributed by atoms with Gasteiger partial charge in [0, 0.05) is 42.4 Å². The summed E-state index contributed by atoms with van der Waals surface area (Å²) in [5, 5.41) is 4.05. The quantitative estimate of drug-likeness (QED) is 0.643. The Morgan fingerprint density at radius 3 is 2.97 bits per heavy atom. The van der Waals surface area contributed by atoms with Crippen molar-refractivity contribution in [1.82, 2.24) is 9.88 Å². The van der Waals surface area contributed by atoms with Gasteiger partial charge in [-0.1, -0.05) is 30.3 Å². The summed E-state index contributed by atoms with van der Waals surface area (Å²) in [5.41, 5.74) is 3.77. The number of carbonyl (C=O) groups is 2. The summed E-state index contributed by atoms with van der Waals surface area (Å²) in [6.45, 7) is 3.52. The van der Waals surface area contributed by atoms with Crippen molar-refractivity contribution < 1.29 is 14.3 Å². The third kappa shape index (κ3) is 4.17. The molecule has 0 spiro atoms. The van der Waals surface area contributed by atoms with Gasteiger partial charge >= 0.3 is 0 Å². The van der Waals surface area contributed by atoms with Gasteiger partial charge in [0.15, 0.2) is 0 Å². The molecule has 2 heterocycles. The molecule has 0 bridgehead atoms. The summed E-state index contributed by atoms with van der Waals surface area (Å²) in [4.78, 5) is 30.4. The van der Waals surface area contributed by atoms with E-state index in [9.17, 15) is 9.59 Å². The smallest absolute Gasteiger partial charge is 0.247 e. The number of H-pyrrole nitrogens is 1. The third-order valence-electron chi connectivity index (χ3n) is 5.31. The number of benzene rings is 2. The number of aromatic nitrogens is 1. The van der Waals surface area contributed by atoms with Crippen molar-refractivity contribution in [1.29, 1.82) is 0 Å². The maximum absolute atomic E-state index is 12.9.